The van der Waals surface area contributed by atoms with Crippen LogP contribution in [0.15, 0.2) is 22.7 Å². The van der Waals surface area contributed by atoms with E-state index in [1.165, 1.54) is 6.07 Å². The number of piperidine rings is 1. The molecule has 104 valence electrons. The van der Waals surface area contributed by atoms with Crippen molar-refractivity contribution in [2.45, 2.75) is 25.8 Å². The van der Waals surface area contributed by atoms with E-state index in [2.05, 4.69) is 15.9 Å². The quantitative estimate of drug-likeness (QED) is 0.876. The van der Waals surface area contributed by atoms with Crippen molar-refractivity contribution in [3.8, 4) is 5.75 Å². The zero-order valence-electron chi connectivity index (χ0n) is 10.8. The molecule has 1 heterocycles. The van der Waals surface area contributed by atoms with E-state index < -0.39 is 0 Å². The van der Waals surface area contributed by atoms with Gasteiger partial charge in [0.25, 0.3) is 5.91 Å². The molecule has 2 N–H and O–H groups in total. The van der Waals surface area contributed by atoms with Crippen LogP contribution < -0.4 is 0 Å². The first-order valence-corrected chi connectivity index (χ1v) is 7.22. The number of phenolic OH excluding ortho intramolecular Hbond substituents is 1. The number of carbonyl (C=O) groups excluding carboxylic acids is 1. The van der Waals surface area contributed by atoms with Crippen molar-refractivity contribution in [1.82, 2.24) is 4.90 Å². The third-order valence-corrected chi connectivity index (χ3v) is 4.18. The van der Waals surface area contributed by atoms with Gasteiger partial charge in [0.15, 0.2) is 0 Å². The van der Waals surface area contributed by atoms with Gasteiger partial charge in [-0.1, -0.05) is 15.9 Å². The van der Waals surface area contributed by atoms with Crippen LogP contribution in [0.4, 0.5) is 0 Å². The topological polar surface area (TPSA) is 60.8 Å². The standard InChI is InChI=1S/C14H18BrNO3/c1-9-2-3-10(8-17)7-16(9)14(19)12-5-4-11(15)6-13(12)18/h4-6,9-10,17-18H,2-3,7-8H2,1H3. The summed E-state index contributed by atoms with van der Waals surface area (Å²) in [5, 5.41) is 19.1. The maximum atomic E-state index is 12.5. The Balaban J connectivity index is 2.22. The molecule has 1 aliphatic rings. The summed E-state index contributed by atoms with van der Waals surface area (Å²) in [6.45, 7) is 2.65. The Morgan fingerprint density at radius 1 is 1.47 bits per heavy atom. The number of aromatic hydroxyl groups is 1. The number of aliphatic hydroxyl groups excluding tert-OH is 1. The number of amides is 1. The highest BCUT2D eigenvalue weighted by Gasteiger charge is 2.30. The molecule has 0 aliphatic carbocycles. The maximum Gasteiger partial charge on any atom is 0.257 e. The van der Waals surface area contributed by atoms with Crippen molar-refractivity contribution in [2.24, 2.45) is 5.92 Å². The Morgan fingerprint density at radius 3 is 2.84 bits per heavy atom. The molecule has 1 amide bonds. The molecule has 1 fully saturated rings. The van der Waals surface area contributed by atoms with E-state index >= 15 is 0 Å². The van der Waals surface area contributed by atoms with Gasteiger partial charge in [0.1, 0.15) is 5.75 Å². The molecule has 1 aromatic carbocycles. The highest BCUT2D eigenvalue weighted by molar-refractivity contribution is 9.10. The van der Waals surface area contributed by atoms with Gasteiger partial charge in [0, 0.05) is 23.7 Å². The fraction of sp³-hybridized carbons (Fsp3) is 0.500. The summed E-state index contributed by atoms with van der Waals surface area (Å²) < 4.78 is 0.737. The molecule has 1 saturated heterocycles. The summed E-state index contributed by atoms with van der Waals surface area (Å²) in [5.41, 5.74) is 0.314. The van der Waals surface area contributed by atoms with Crippen LogP contribution >= 0.6 is 15.9 Å². The van der Waals surface area contributed by atoms with Crippen molar-refractivity contribution in [2.75, 3.05) is 13.2 Å². The van der Waals surface area contributed by atoms with Gasteiger partial charge in [-0.2, -0.15) is 0 Å². The highest BCUT2D eigenvalue weighted by atomic mass is 79.9. The van der Waals surface area contributed by atoms with Crippen LogP contribution in [0.5, 0.6) is 5.75 Å². The zero-order chi connectivity index (χ0) is 14.0. The molecule has 2 rings (SSSR count). The number of carbonyl (C=O) groups is 1. The minimum atomic E-state index is -0.171. The van der Waals surface area contributed by atoms with Gasteiger partial charge in [-0.25, -0.2) is 0 Å². The predicted octanol–water partition coefficient (Wildman–Crippen LogP) is 2.39. The van der Waals surface area contributed by atoms with E-state index in [0.717, 1.165) is 17.3 Å². The Kier molecular flexibility index (Phi) is 4.47. The third-order valence-electron chi connectivity index (χ3n) is 3.69. The van der Waals surface area contributed by atoms with Gasteiger partial charge in [-0.15, -0.1) is 0 Å². The highest BCUT2D eigenvalue weighted by Crippen LogP contribution is 2.28. The molecule has 0 bridgehead atoms. The van der Waals surface area contributed by atoms with Crippen molar-refractivity contribution in [3.05, 3.63) is 28.2 Å². The zero-order valence-corrected chi connectivity index (χ0v) is 12.4. The van der Waals surface area contributed by atoms with E-state index in [0.29, 0.717) is 12.1 Å². The number of halogens is 1. The molecule has 0 spiro atoms. The van der Waals surface area contributed by atoms with Crippen molar-refractivity contribution < 1.29 is 15.0 Å². The van der Waals surface area contributed by atoms with Gasteiger partial charge in [0.05, 0.1) is 5.56 Å². The number of aliphatic hydroxyl groups is 1. The fourth-order valence-corrected chi connectivity index (χ4v) is 2.80. The van der Waals surface area contributed by atoms with Crippen LogP contribution in [0, 0.1) is 5.92 Å². The summed E-state index contributed by atoms with van der Waals surface area (Å²) in [5.74, 6) is -0.0499. The minimum absolute atomic E-state index is 0.0160. The summed E-state index contributed by atoms with van der Waals surface area (Å²) in [6.07, 6.45) is 1.82. The second-order valence-electron chi connectivity index (χ2n) is 5.09. The van der Waals surface area contributed by atoms with Crippen LogP contribution in [0.3, 0.4) is 0 Å². The van der Waals surface area contributed by atoms with Gasteiger partial charge < -0.3 is 15.1 Å². The lowest BCUT2D eigenvalue weighted by Crippen LogP contribution is -2.46. The molecule has 1 aliphatic heterocycles. The average Bonchev–Trinajstić information content (AvgIpc) is 2.38. The van der Waals surface area contributed by atoms with Crippen molar-refractivity contribution in [1.29, 1.82) is 0 Å². The molecular formula is C14H18BrNO3. The maximum absolute atomic E-state index is 12.5. The minimum Gasteiger partial charge on any atom is -0.507 e. The van der Waals surface area contributed by atoms with Gasteiger partial charge in [-0.3, -0.25) is 4.79 Å². The summed E-state index contributed by atoms with van der Waals surface area (Å²) >= 11 is 3.26. The van der Waals surface area contributed by atoms with Gasteiger partial charge in [0.2, 0.25) is 0 Å². The molecule has 0 radical (unpaired) electrons. The molecule has 0 saturated carbocycles. The normalized spacial score (nSPS) is 23.4. The van der Waals surface area contributed by atoms with Crippen LogP contribution in [0.25, 0.3) is 0 Å². The first kappa shape index (κ1) is 14.3. The van der Waals surface area contributed by atoms with Crippen LogP contribution in [-0.2, 0) is 0 Å². The number of rotatable bonds is 2. The molecule has 2 atom stereocenters. The molecule has 1 aromatic rings. The smallest absolute Gasteiger partial charge is 0.257 e. The number of benzene rings is 1. The molecule has 0 aromatic heterocycles. The van der Waals surface area contributed by atoms with Crippen LogP contribution in [0.1, 0.15) is 30.1 Å². The number of phenols is 1. The second kappa shape index (κ2) is 5.92. The monoisotopic (exact) mass is 327 g/mol. The molecule has 4 nitrogen and oxygen atoms in total. The first-order valence-electron chi connectivity index (χ1n) is 6.43. The van der Waals surface area contributed by atoms with Gasteiger partial charge in [-0.05, 0) is 43.9 Å². The van der Waals surface area contributed by atoms with E-state index in [-0.39, 0.29) is 30.2 Å². The van der Waals surface area contributed by atoms with E-state index in [4.69, 9.17) is 0 Å². The van der Waals surface area contributed by atoms with Gasteiger partial charge >= 0.3 is 0 Å². The van der Waals surface area contributed by atoms with E-state index in [9.17, 15) is 15.0 Å². The largest absolute Gasteiger partial charge is 0.507 e. The predicted molar refractivity (Wildman–Crippen MR) is 76.1 cm³/mol. The first-order chi connectivity index (χ1) is 9.02. The van der Waals surface area contributed by atoms with E-state index in [1.54, 1.807) is 17.0 Å². The lowest BCUT2D eigenvalue weighted by molar-refractivity contribution is 0.0486. The fourth-order valence-electron chi connectivity index (χ4n) is 2.45. The van der Waals surface area contributed by atoms with Crippen LogP contribution in [-0.4, -0.2) is 40.2 Å². The Hall–Kier alpha value is -1.07. The van der Waals surface area contributed by atoms with Crippen molar-refractivity contribution in [3.63, 3.8) is 0 Å². The molecule has 19 heavy (non-hydrogen) atoms. The SMILES string of the molecule is CC1CCC(CO)CN1C(=O)c1ccc(Br)cc1O. The Morgan fingerprint density at radius 2 is 2.21 bits per heavy atom. The lowest BCUT2D eigenvalue weighted by Gasteiger charge is -2.37. The lowest BCUT2D eigenvalue weighted by atomic mass is 9.93. The molecular weight excluding hydrogens is 310 g/mol. The molecule has 5 heteroatoms. The number of nitrogens with zero attached hydrogens (tertiary/aromatic N) is 1. The number of hydrogen-bond acceptors (Lipinski definition) is 3. The number of likely N-dealkylation sites (tertiary alicyclic amines) is 1. The van der Waals surface area contributed by atoms with Crippen molar-refractivity contribution >= 4 is 21.8 Å². The molecule has 2 unspecified atom stereocenters. The van der Waals surface area contributed by atoms with Crippen LogP contribution in [0.2, 0.25) is 0 Å². The second-order valence-corrected chi connectivity index (χ2v) is 6.01. The Bertz CT molecular complexity index is 478. The number of hydrogen-bond donors (Lipinski definition) is 2. The Labute approximate surface area is 121 Å². The summed E-state index contributed by atoms with van der Waals surface area (Å²) in [4.78, 5) is 14.2. The summed E-state index contributed by atoms with van der Waals surface area (Å²) in [7, 11) is 0. The third kappa shape index (κ3) is 3.09. The summed E-state index contributed by atoms with van der Waals surface area (Å²) in [6, 6.07) is 5.02. The average molecular weight is 328 g/mol. The van der Waals surface area contributed by atoms with E-state index in [1.807, 2.05) is 6.92 Å².